The molecule has 0 unspecified atom stereocenters. The van der Waals surface area contributed by atoms with E-state index in [1.165, 1.54) is 0 Å². The van der Waals surface area contributed by atoms with Gasteiger partial charge in [-0.1, -0.05) is 30.3 Å². The molecule has 0 saturated heterocycles. The number of hydrogen-bond acceptors (Lipinski definition) is 7. The van der Waals surface area contributed by atoms with E-state index in [0.29, 0.717) is 17.0 Å². The van der Waals surface area contributed by atoms with Crippen molar-refractivity contribution in [2.24, 2.45) is 4.99 Å². The highest BCUT2D eigenvalue weighted by molar-refractivity contribution is 5.98. The molecule has 3 rings (SSSR count). The first-order valence-corrected chi connectivity index (χ1v) is 10.3. The SMILES string of the molecule is C[C@@H](O)[C@@H](CC(=O)Cc1cc2c(c(CO)n1)C(OCCOC(F)F)=NC2)c1ccccc1. The Morgan fingerprint density at radius 1 is 1.22 bits per heavy atom. The van der Waals surface area contributed by atoms with Gasteiger partial charge in [-0.25, -0.2) is 4.99 Å². The Bertz CT molecular complexity index is 951. The van der Waals surface area contributed by atoms with Crippen LogP contribution >= 0.6 is 0 Å². The van der Waals surface area contributed by atoms with Gasteiger partial charge in [0.1, 0.15) is 12.4 Å². The molecule has 172 valence electrons. The van der Waals surface area contributed by atoms with Crippen molar-refractivity contribution in [2.45, 2.75) is 51.6 Å². The summed E-state index contributed by atoms with van der Waals surface area (Å²) < 4.78 is 33.7. The summed E-state index contributed by atoms with van der Waals surface area (Å²) in [5.41, 5.74) is 2.96. The second-order valence-corrected chi connectivity index (χ2v) is 7.53. The molecule has 0 radical (unpaired) electrons. The van der Waals surface area contributed by atoms with Crippen LogP contribution in [0.4, 0.5) is 8.78 Å². The summed E-state index contributed by atoms with van der Waals surface area (Å²) in [7, 11) is 0. The lowest BCUT2D eigenvalue weighted by atomic mass is 9.88. The Kier molecular flexibility index (Phi) is 8.38. The Balaban J connectivity index is 1.68. The number of rotatable bonds is 11. The van der Waals surface area contributed by atoms with E-state index in [4.69, 9.17) is 4.74 Å². The van der Waals surface area contributed by atoms with Gasteiger partial charge in [0.2, 0.25) is 5.90 Å². The first-order chi connectivity index (χ1) is 15.4. The quantitative estimate of drug-likeness (QED) is 0.513. The van der Waals surface area contributed by atoms with Crippen molar-refractivity contribution in [1.29, 1.82) is 0 Å². The van der Waals surface area contributed by atoms with Crippen molar-refractivity contribution in [3.05, 3.63) is 64.5 Å². The fourth-order valence-electron chi connectivity index (χ4n) is 3.73. The lowest BCUT2D eigenvalue weighted by Gasteiger charge is -2.20. The van der Waals surface area contributed by atoms with E-state index >= 15 is 0 Å². The minimum atomic E-state index is -2.87. The average Bonchev–Trinajstić information content (AvgIpc) is 3.17. The molecule has 7 nitrogen and oxygen atoms in total. The largest absolute Gasteiger partial charge is 0.475 e. The summed E-state index contributed by atoms with van der Waals surface area (Å²) in [5.74, 6) is -0.199. The molecular formula is C23H26F2N2O5. The molecule has 2 aromatic rings. The van der Waals surface area contributed by atoms with Crippen molar-refractivity contribution >= 4 is 11.7 Å². The van der Waals surface area contributed by atoms with Crippen LogP contribution in [0.1, 0.15) is 47.3 Å². The number of aliphatic hydroxyl groups excluding tert-OH is 2. The third-order valence-corrected chi connectivity index (χ3v) is 5.19. The standard InChI is InChI=1S/C23H26F2N2O5/c1-14(29)19(15-5-3-2-4-6-15)11-18(30)10-17-9-16-12-26-22(21(16)20(13-28)27-17)31-7-8-32-23(24)25/h2-6,9,14,19,23,28-29H,7-8,10-13H2,1H3/t14-,19-/m1/s1. The van der Waals surface area contributed by atoms with E-state index in [1.54, 1.807) is 13.0 Å². The summed E-state index contributed by atoms with van der Waals surface area (Å²) in [4.78, 5) is 21.4. The van der Waals surface area contributed by atoms with Crippen LogP contribution in [0.3, 0.4) is 0 Å². The molecule has 32 heavy (non-hydrogen) atoms. The number of ether oxygens (including phenoxy) is 2. The van der Waals surface area contributed by atoms with Crippen molar-refractivity contribution in [3.8, 4) is 0 Å². The van der Waals surface area contributed by atoms with Gasteiger partial charge in [0.15, 0.2) is 0 Å². The van der Waals surface area contributed by atoms with E-state index in [2.05, 4.69) is 14.7 Å². The van der Waals surface area contributed by atoms with Crippen LogP contribution in [0.25, 0.3) is 0 Å². The van der Waals surface area contributed by atoms with Crippen molar-refractivity contribution < 1.29 is 33.3 Å². The Morgan fingerprint density at radius 2 is 1.97 bits per heavy atom. The number of alkyl halides is 2. The minimum Gasteiger partial charge on any atom is -0.475 e. The third kappa shape index (κ3) is 6.15. The Labute approximate surface area is 184 Å². The van der Waals surface area contributed by atoms with Crippen molar-refractivity contribution in [3.63, 3.8) is 0 Å². The number of nitrogens with zero attached hydrogens (tertiary/aromatic N) is 2. The molecular weight excluding hydrogens is 422 g/mol. The van der Waals surface area contributed by atoms with Crippen LogP contribution < -0.4 is 0 Å². The van der Waals surface area contributed by atoms with Gasteiger partial charge in [0.25, 0.3) is 0 Å². The highest BCUT2D eigenvalue weighted by atomic mass is 19.3. The van der Waals surface area contributed by atoms with E-state index in [9.17, 15) is 23.8 Å². The van der Waals surface area contributed by atoms with E-state index in [-0.39, 0.29) is 56.8 Å². The summed E-state index contributed by atoms with van der Waals surface area (Å²) >= 11 is 0. The van der Waals surface area contributed by atoms with Gasteiger partial charge in [-0.05, 0) is 24.1 Å². The lowest BCUT2D eigenvalue weighted by molar-refractivity contribution is -0.134. The molecule has 2 heterocycles. The molecule has 0 saturated carbocycles. The van der Waals surface area contributed by atoms with Crippen LogP contribution in [0.15, 0.2) is 41.4 Å². The van der Waals surface area contributed by atoms with Gasteiger partial charge in [-0.2, -0.15) is 8.78 Å². The highest BCUT2D eigenvalue weighted by Crippen LogP contribution is 2.27. The predicted octanol–water partition coefficient (Wildman–Crippen LogP) is 2.76. The zero-order valence-electron chi connectivity index (χ0n) is 17.7. The predicted molar refractivity (Wildman–Crippen MR) is 113 cm³/mol. The molecule has 0 amide bonds. The smallest absolute Gasteiger partial charge is 0.345 e. The number of aromatic nitrogens is 1. The minimum absolute atomic E-state index is 0.0503. The summed E-state index contributed by atoms with van der Waals surface area (Å²) in [6, 6.07) is 11.1. The lowest BCUT2D eigenvalue weighted by Crippen LogP contribution is -2.20. The van der Waals surface area contributed by atoms with Gasteiger partial charge in [0.05, 0.1) is 37.1 Å². The third-order valence-electron chi connectivity index (χ3n) is 5.19. The number of ketones is 1. The number of pyridine rings is 1. The maximum atomic E-state index is 12.8. The van der Waals surface area contributed by atoms with Crippen LogP contribution in [0.2, 0.25) is 0 Å². The van der Waals surface area contributed by atoms with E-state index in [1.807, 2.05) is 30.3 Å². The summed E-state index contributed by atoms with van der Waals surface area (Å²) in [5, 5.41) is 19.9. The zero-order valence-corrected chi connectivity index (χ0v) is 17.7. The number of carbonyl (C=O) groups is 1. The number of Topliss-reactive ketones (excluding diaryl/α,β-unsaturated/α-hetero) is 1. The monoisotopic (exact) mass is 448 g/mol. The van der Waals surface area contributed by atoms with Gasteiger partial charge >= 0.3 is 6.61 Å². The number of halogens is 2. The number of fused-ring (bicyclic) bond motifs is 1. The number of aliphatic hydroxyl groups is 2. The molecule has 1 aliphatic heterocycles. The van der Waals surface area contributed by atoms with Crippen LogP contribution in [-0.2, 0) is 33.8 Å². The molecule has 0 spiro atoms. The number of carbonyl (C=O) groups excluding carboxylic acids is 1. The molecule has 2 atom stereocenters. The highest BCUT2D eigenvalue weighted by Gasteiger charge is 2.25. The van der Waals surface area contributed by atoms with Gasteiger partial charge in [-0.3, -0.25) is 9.78 Å². The van der Waals surface area contributed by atoms with E-state index in [0.717, 1.165) is 11.1 Å². The van der Waals surface area contributed by atoms with Crippen molar-refractivity contribution in [2.75, 3.05) is 13.2 Å². The van der Waals surface area contributed by atoms with Gasteiger partial charge in [0, 0.05) is 24.5 Å². The van der Waals surface area contributed by atoms with Gasteiger partial charge in [-0.15, -0.1) is 0 Å². The van der Waals surface area contributed by atoms with Crippen LogP contribution in [0, 0.1) is 0 Å². The van der Waals surface area contributed by atoms with E-state index < -0.39 is 12.7 Å². The molecule has 1 aromatic carbocycles. The molecule has 0 bridgehead atoms. The number of aliphatic imine (C=N–C) groups is 1. The normalized spacial score (nSPS) is 14.8. The zero-order chi connectivity index (χ0) is 23.1. The second kappa shape index (κ2) is 11.2. The summed E-state index contributed by atoms with van der Waals surface area (Å²) in [6.07, 6.45) is -0.483. The average molecular weight is 448 g/mol. The Morgan fingerprint density at radius 3 is 2.62 bits per heavy atom. The molecule has 9 heteroatoms. The second-order valence-electron chi connectivity index (χ2n) is 7.53. The molecule has 1 aliphatic rings. The fraction of sp³-hybridized carbons (Fsp3) is 0.435. The van der Waals surface area contributed by atoms with Crippen LogP contribution in [0.5, 0.6) is 0 Å². The van der Waals surface area contributed by atoms with Crippen LogP contribution in [-0.4, -0.2) is 52.8 Å². The topological polar surface area (TPSA) is 101 Å². The summed E-state index contributed by atoms with van der Waals surface area (Å²) in [6.45, 7) is -1.74. The van der Waals surface area contributed by atoms with Crippen molar-refractivity contribution in [1.82, 2.24) is 4.98 Å². The number of hydrogen-bond donors (Lipinski definition) is 2. The molecule has 1 aromatic heterocycles. The Hall–Kier alpha value is -2.75. The van der Waals surface area contributed by atoms with Gasteiger partial charge < -0.3 is 19.7 Å². The fourth-order valence-corrected chi connectivity index (χ4v) is 3.73. The number of benzene rings is 1. The maximum Gasteiger partial charge on any atom is 0.345 e. The first-order valence-electron chi connectivity index (χ1n) is 10.3. The molecule has 2 N–H and O–H groups in total. The first kappa shape index (κ1) is 23.9. The molecule has 0 fully saturated rings. The maximum absolute atomic E-state index is 12.8. The molecule has 0 aliphatic carbocycles.